The van der Waals surface area contributed by atoms with Crippen LogP contribution >= 0.6 is 12.2 Å². The SMILES string of the molecule is C[C@H]1CCCCN1c1cc(N2CCCC[C@@H]2C)c([N+](=O)[O-])cc1/C=N\NC(N)=S. The molecule has 3 rings (SSSR count). The molecule has 0 saturated carbocycles. The van der Waals surface area contributed by atoms with Crippen LogP contribution in [0.2, 0.25) is 0 Å². The van der Waals surface area contributed by atoms with Gasteiger partial charge in [0.15, 0.2) is 5.11 Å². The molecule has 0 bridgehead atoms. The highest BCUT2D eigenvalue weighted by atomic mass is 32.1. The minimum Gasteiger partial charge on any atom is -0.375 e. The van der Waals surface area contributed by atoms with Gasteiger partial charge in [-0.3, -0.25) is 15.5 Å². The van der Waals surface area contributed by atoms with Gasteiger partial charge in [0.05, 0.1) is 11.1 Å². The number of rotatable bonds is 5. The molecule has 0 aromatic heterocycles. The number of anilines is 2. The maximum atomic E-state index is 11.9. The van der Waals surface area contributed by atoms with Gasteiger partial charge in [0, 0.05) is 42.5 Å². The molecule has 29 heavy (non-hydrogen) atoms. The zero-order valence-corrected chi connectivity index (χ0v) is 18.0. The molecular weight excluding hydrogens is 388 g/mol. The predicted octanol–water partition coefficient (Wildman–Crippen LogP) is 3.52. The number of hydrazone groups is 1. The lowest BCUT2D eigenvalue weighted by Crippen LogP contribution is -2.40. The fraction of sp³-hybridized carbons (Fsp3) is 0.600. The summed E-state index contributed by atoms with van der Waals surface area (Å²) in [5, 5.41) is 16.1. The average molecular weight is 419 g/mol. The van der Waals surface area contributed by atoms with E-state index in [0.29, 0.717) is 17.3 Å². The first-order valence-electron chi connectivity index (χ1n) is 10.3. The van der Waals surface area contributed by atoms with E-state index in [0.717, 1.165) is 50.9 Å². The zero-order chi connectivity index (χ0) is 21.0. The van der Waals surface area contributed by atoms with Crippen molar-refractivity contribution in [3.63, 3.8) is 0 Å². The van der Waals surface area contributed by atoms with E-state index in [2.05, 4.69) is 34.2 Å². The van der Waals surface area contributed by atoms with Gasteiger partial charge < -0.3 is 15.5 Å². The molecule has 0 spiro atoms. The molecule has 3 N–H and O–H groups in total. The molecule has 2 fully saturated rings. The maximum absolute atomic E-state index is 11.9. The van der Waals surface area contributed by atoms with Crippen molar-refractivity contribution >= 4 is 40.6 Å². The molecular formula is C20H30N6O2S. The largest absolute Gasteiger partial charge is 0.375 e. The Labute approximate surface area is 177 Å². The number of nitrogens with zero attached hydrogens (tertiary/aromatic N) is 4. The van der Waals surface area contributed by atoms with Crippen molar-refractivity contribution in [2.75, 3.05) is 22.9 Å². The van der Waals surface area contributed by atoms with E-state index in [-0.39, 0.29) is 21.8 Å². The molecule has 1 aromatic rings. The zero-order valence-electron chi connectivity index (χ0n) is 17.1. The highest BCUT2D eigenvalue weighted by Gasteiger charge is 2.30. The summed E-state index contributed by atoms with van der Waals surface area (Å²) in [6.45, 7) is 6.12. The van der Waals surface area contributed by atoms with Crippen LogP contribution in [0.5, 0.6) is 0 Å². The van der Waals surface area contributed by atoms with E-state index in [1.165, 1.54) is 6.42 Å². The minimum absolute atomic E-state index is 0.0578. The second kappa shape index (κ2) is 9.39. The summed E-state index contributed by atoms with van der Waals surface area (Å²) in [6.07, 6.45) is 8.26. The van der Waals surface area contributed by atoms with Crippen molar-refractivity contribution in [2.45, 2.75) is 64.5 Å². The van der Waals surface area contributed by atoms with Gasteiger partial charge in [0.25, 0.3) is 5.69 Å². The normalized spacial score (nSPS) is 22.7. The van der Waals surface area contributed by atoms with Crippen LogP contribution in [0, 0.1) is 10.1 Å². The fourth-order valence-corrected chi connectivity index (χ4v) is 4.44. The Morgan fingerprint density at radius 1 is 1.17 bits per heavy atom. The Bertz CT molecular complexity index is 799. The number of hydrogen-bond donors (Lipinski definition) is 2. The number of thiocarbonyl (C=S) groups is 1. The van der Waals surface area contributed by atoms with Gasteiger partial charge in [-0.25, -0.2) is 0 Å². The maximum Gasteiger partial charge on any atom is 0.293 e. The first-order chi connectivity index (χ1) is 13.9. The van der Waals surface area contributed by atoms with E-state index >= 15 is 0 Å². The summed E-state index contributed by atoms with van der Waals surface area (Å²) in [6, 6.07) is 4.28. The number of nitrogens with one attached hydrogen (secondary N) is 1. The van der Waals surface area contributed by atoms with Gasteiger partial charge in [0.1, 0.15) is 5.69 Å². The topological polar surface area (TPSA) is 100 Å². The quantitative estimate of drug-likeness (QED) is 0.327. The molecule has 2 atom stereocenters. The van der Waals surface area contributed by atoms with Crippen molar-refractivity contribution in [1.29, 1.82) is 0 Å². The lowest BCUT2D eigenvalue weighted by Gasteiger charge is -2.39. The van der Waals surface area contributed by atoms with Crippen LogP contribution in [0.3, 0.4) is 0 Å². The highest BCUT2D eigenvalue weighted by molar-refractivity contribution is 7.80. The molecule has 2 heterocycles. The van der Waals surface area contributed by atoms with Gasteiger partial charge in [-0.1, -0.05) is 0 Å². The van der Waals surface area contributed by atoms with Crippen molar-refractivity contribution in [3.8, 4) is 0 Å². The van der Waals surface area contributed by atoms with Gasteiger partial charge in [0.2, 0.25) is 0 Å². The van der Waals surface area contributed by atoms with Crippen LogP contribution in [0.4, 0.5) is 17.1 Å². The summed E-state index contributed by atoms with van der Waals surface area (Å²) in [7, 11) is 0. The standard InChI is InChI=1S/C20H30N6O2S/c1-14-7-3-5-9-24(14)17-12-18(25-10-6-4-8-15(25)2)19(26(27)28)11-16(17)13-22-23-20(21)29/h11-15H,3-10H2,1-2H3,(H3,21,23,29)/b22-13-/t14-,15-/m0/s1. The van der Waals surface area contributed by atoms with E-state index in [1.54, 1.807) is 12.3 Å². The van der Waals surface area contributed by atoms with E-state index in [1.807, 2.05) is 6.07 Å². The molecule has 0 amide bonds. The Morgan fingerprint density at radius 2 is 1.76 bits per heavy atom. The summed E-state index contributed by atoms with van der Waals surface area (Å²) in [5.74, 6) is 0. The summed E-state index contributed by atoms with van der Waals surface area (Å²) in [4.78, 5) is 16.2. The number of benzene rings is 1. The first-order valence-corrected chi connectivity index (χ1v) is 10.7. The van der Waals surface area contributed by atoms with Crippen LogP contribution in [-0.4, -0.2) is 41.4 Å². The van der Waals surface area contributed by atoms with E-state index in [9.17, 15) is 10.1 Å². The molecule has 2 saturated heterocycles. The first kappa shape index (κ1) is 21.3. The Morgan fingerprint density at radius 3 is 2.28 bits per heavy atom. The molecule has 0 radical (unpaired) electrons. The van der Waals surface area contributed by atoms with Crippen molar-refractivity contribution in [1.82, 2.24) is 5.43 Å². The van der Waals surface area contributed by atoms with E-state index < -0.39 is 0 Å². The summed E-state index contributed by atoms with van der Waals surface area (Å²) in [5.41, 5.74) is 10.5. The number of hydrogen-bond acceptors (Lipinski definition) is 6. The van der Waals surface area contributed by atoms with Crippen LogP contribution in [-0.2, 0) is 0 Å². The molecule has 158 valence electrons. The predicted molar refractivity (Wildman–Crippen MR) is 122 cm³/mol. The third kappa shape index (κ3) is 4.95. The van der Waals surface area contributed by atoms with Gasteiger partial charge in [-0.15, -0.1) is 0 Å². The summed E-state index contributed by atoms with van der Waals surface area (Å²) >= 11 is 4.80. The number of piperidine rings is 2. The van der Waals surface area contributed by atoms with Crippen molar-refractivity contribution in [2.24, 2.45) is 10.8 Å². The molecule has 9 heteroatoms. The third-order valence-electron chi connectivity index (χ3n) is 5.92. The Balaban J connectivity index is 2.10. The second-order valence-electron chi connectivity index (χ2n) is 7.97. The average Bonchev–Trinajstić information content (AvgIpc) is 2.68. The Kier molecular flexibility index (Phi) is 6.89. The van der Waals surface area contributed by atoms with Crippen LogP contribution < -0.4 is 21.0 Å². The number of nitrogens with two attached hydrogens (primary N) is 1. The number of nitro groups is 1. The lowest BCUT2D eigenvalue weighted by atomic mass is 9.98. The second-order valence-corrected chi connectivity index (χ2v) is 8.41. The van der Waals surface area contributed by atoms with Crippen LogP contribution in [0.25, 0.3) is 0 Å². The molecule has 1 aromatic carbocycles. The highest BCUT2D eigenvalue weighted by Crippen LogP contribution is 2.39. The minimum atomic E-state index is -0.293. The monoisotopic (exact) mass is 418 g/mol. The molecule has 2 aliphatic heterocycles. The van der Waals surface area contributed by atoms with Crippen LogP contribution in [0.15, 0.2) is 17.2 Å². The van der Waals surface area contributed by atoms with Crippen LogP contribution in [0.1, 0.15) is 57.9 Å². The molecule has 0 aliphatic carbocycles. The van der Waals surface area contributed by atoms with Gasteiger partial charge in [-0.2, -0.15) is 5.10 Å². The van der Waals surface area contributed by atoms with Crippen molar-refractivity contribution < 1.29 is 4.92 Å². The Hall–Kier alpha value is -2.42. The van der Waals surface area contributed by atoms with E-state index in [4.69, 9.17) is 18.0 Å². The number of nitro benzene ring substituents is 1. The summed E-state index contributed by atoms with van der Waals surface area (Å²) < 4.78 is 0. The fourth-order valence-electron chi connectivity index (χ4n) is 4.39. The van der Waals surface area contributed by atoms with Crippen molar-refractivity contribution in [3.05, 3.63) is 27.8 Å². The third-order valence-corrected chi connectivity index (χ3v) is 6.02. The van der Waals surface area contributed by atoms with Gasteiger partial charge >= 0.3 is 0 Å². The molecule has 2 aliphatic rings. The van der Waals surface area contributed by atoms with Gasteiger partial charge in [-0.05, 0) is 70.7 Å². The molecule has 8 nitrogen and oxygen atoms in total. The smallest absolute Gasteiger partial charge is 0.293 e. The molecule has 0 unspecified atom stereocenters. The lowest BCUT2D eigenvalue weighted by molar-refractivity contribution is -0.384.